The van der Waals surface area contributed by atoms with Gasteiger partial charge in [0.25, 0.3) is 0 Å². The van der Waals surface area contributed by atoms with Gasteiger partial charge in [-0.3, -0.25) is 0 Å². The van der Waals surface area contributed by atoms with E-state index in [9.17, 15) is 5.11 Å². The van der Waals surface area contributed by atoms with Gasteiger partial charge in [-0.05, 0) is 25.0 Å². The lowest BCUT2D eigenvalue weighted by atomic mass is 10.3. The van der Waals surface area contributed by atoms with E-state index in [1.807, 2.05) is 6.07 Å². The van der Waals surface area contributed by atoms with Gasteiger partial charge in [-0.1, -0.05) is 12.1 Å². The Hall–Kier alpha value is -0.890. The first-order chi connectivity index (χ1) is 6.34. The SMILES string of the molecule is Oc1ccccc1OCCCCCl. The van der Waals surface area contributed by atoms with E-state index in [1.165, 1.54) is 0 Å². The Kier molecular flexibility index (Phi) is 4.47. The highest BCUT2D eigenvalue weighted by Gasteiger charge is 1.98. The summed E-state index contributed by atoms with van der Waals surface area (Å²) in [6.45, 7) is 0.601. The summed E-state index contributed by atoms with van der Waals surface area (Å²) in [6, 6.07) is 6.95. The normalized spacial score (nSPS) is 9.92. The number of aromatic hydroxyl groups is 1. The lowest BCUT2D eigenvalue weighted by Crippen LogP contribution is -1.97. The van der Waals surface area contributed by atoms with Crippen molar-refractivity contribution in [3.05, 3.63) is 24.3 Å². The van der Waals surface area contributed by atoms with Crippen LogP contribution in [0.15, 0.2) is 24.3 Å². The predicted molar refractivity (Wildman–Crippen MR) is 53.6 cm³/mol. The van der Waals surface area contributed by atoms with Gasteiger partial charge in [0.1, 0.15) is 0 Å². The number of ether oxygens (including phenoxy) is 1. The molecule has 0 saturated heterocycles. The molecule has 2 nitrogen and oxygen atoms in total. The molecular weight excluding hydrogens is 188 g/mol. The van der Waals surface area contributed by atoms with Crippen molar-refractivity contribution >= 4 is 11.6 Å². The van der Waals surface area contributed by atoms with Gasteiger partial charge in [-0.15, -0.1) is 11.6 Å². The molecule has 0 saturated carbocycles. The van der Waals surface area contributed by atoms with E-state index in [2.05, 4.69) is 0 Å². The quantitative estimate of drug-likeness (QED) is 0.585. The van der Waals surface area contributed by atoms with Gasteiger partial charge in [-0.2, -0.15) is 0 Å². The third-order valence-corrected chi connectivity index (χ3v) is 1.92. The van der Waals surface area contributed by atoms with Crippen molar-refractivity contribution in [3.8, 4) is 11.5 Å². The van der Waals surface area contributed by atoms with Crippen LogP contribution in [0.5, 0.6) is 11.5 Å². The fourth-order valence-electron chi connectivity index (χ4n) is 0.958. The van der Waals surface area contributed by atoms with Crippen LogP contribution in [0.2, 0.25) is 0 Å². The number of phenolic OH excluding ortho intramolecular Hbond substituents is 1. The highest BCUT2D eigenvalue weighted by Crippen LogP contribution is 2.24. The minimum atomic E-state index is 0.188. The molecule has 3 heteroatoms. The van der Waals surface area contributed by atoms with Crippen molar-refractivity contribution in [1.82, 2.24) is 0 Å². The fraction of sp³-hybridized carbons (Fsp3) is 0.400. The van der Waals surface area contributed by atoms with E-state index >= 15 is 0 Å². The molecule has 72 valence electrons. The Balaban J connectivity index is 2.32. The summed E-state index contributed by atoms with van der Waals surface area (Å²) in [7, 11) is 0. The highest BCUT2D eigenvalue weighted by molar-refractivity contribution is 6.17. The molecule has 0 amide bonds. The van der Waals surface area contributed by atoms with Crippen LogP contribution in [0.4, 0.5) is 0 Å². The second-order valence-corrected chi connectivity index (χ2v) is 3.09. The number of rotatable bonds is 5. The van der Waals surface area contributed by atoms with Gasteiger partial charge < -0.3 is 9.84 Å². The first kappa shape index (κ1) is 10.2. The number of para-hydroxylation sites is 2. The molecule has 0 unspecified atom stereocenters. The van der Waals surface area contributed by atoms with Crippen LogP contribution >= 0.6 is 11.6 Å². The molecule has 1 N–H and O–H groups in total. The van der Waals surface area contributed by atoms with Crippen LogP contribution in [0.3, 0.4) is 0 Å². The van der Waals surface area contributed by atoms with Gasteiger partial charge in [0.2, 0.25) is 0 Å². The molecule has 0 aliphatic rings. The van der Waals surface area contributed by atoms with Crippen molar-refractivity contribution in [2.75, 3.05) is 12.5 Å². The molecule has 0 spiro atoms. The first-order valence-corrected chi connectivity index (χ1v) is 4.85. The average molecular weight is 201 g/mol. The summed E-state index contributed by atoms with van der Waals surface area (Å²) in [4.78, 5) is 0. The number of benzene rings is 1. The van der Waals surface area contributed by atoms with Crippen LogP contribution in [-0.4, -0.2) is 17.6 Å². The molecule has 0 aliphatic carbocycles. The Labute approximate surface area is 83.1 Å². The molecule has 0 heterocycles. The minimum absolute atomic E-state index is 0.188. The van der Waals surface area contributed by atoms with Gasteiger partial charge in [-0.25, -0.2) is 0 Å². The zero-order valence-electron chi connectivity index (χ0n) is 7.37. The van der Waals surface area contributed by atoms with Gasteiger partial charge in [0.05, 0.1) is 6.61 Å². The van der Waals surface area contributed by atoms with Crippen molar-refractivity contribution in [1.29, 1.82) is 0 Å². The lowest BCUT2D eigenvalue weighted by Gasteiger charge is -2.06. The van der Waals surface area contributed by atoms with E-state index in [-0.39, 0.29) is 5.75 Å². The molecule has 1 rings (SSSR count). The van der Waals surface area contributed by atoms with E-state index in [4.69, 9.17) is 16.3 Å². The van der Waals surface area contributed by atoms with Gasteiger partial charge in [0, 0.05) is 5.88 Å². The summed E-state index contributed by atoms with van der Waals surface area (Å²) in [6.07, 6.45) is 1.85. The molecule has 0 bridgehead atoms. The molecule has 0 fully saturated rings. The maximum atomic E-state index is 9.32. The monoisotopic (exact) mass is 200 g/mol. The Morgan fingerprint density at radius 2 is 2.00 bits per heavy atom. The van der Waals surface area contributed by atoms with Crippen LogP contribution in [0.25, 0.3) is 0 Å². The molecule has 0 atom stereocenters. The Bertz CT molecular complexity index is 250. The highest BCUT2D eigenvalue weighted by atomic mass is 35.5. The number of phenols is 1. The smallest absolute Gasteiger partial charge is 0.160 e. The zero-order chi connectivity index (χ0) is 9.52. The van der Waals surface area contributed by atoms with Crippen molar-refractivity contribution in [3.63, 3.8) is 0 Å². The first-order valence-electron chi connectivity index (χ1n) is 4.31. The summed E-state index contributed by atoms with van der Waals surface area (Å²) in [5.41, 5.74) is 0. The third kappa shape index (κ3) is 3.55. The summed E-state index contributed by atoms with van der Waals surface area (Å²) >= 11 is 5.51. The van der Waals surface area contributed by atoms with Crippen molar-refractivity contribution < 1.29 is 9.84 Å². The number of alkyl halides is 1. The molecule has 0 radical (unpaired) electrons. The summed E-state index contributed by atoms with van der Waals surface area (Å²) in [5, 5.41) is 9.32. The molecular formula is C10H13ClO2. The maximum absolute atomic E-state index is 9.32. The molecule has 13 heavy (non-hydrogen) atoms. The number of hydrogen-bond donors (Lipinski definition) is 1. The minimum Gasteiger partial charge on any atom is -0.504 e. The van der Waals surface area contributed by atoms with E-state index in [1.54, 1.807) is 18.2 Å². The van der Waals surface area contributed by atoms with Crippen LogP contribution in [0.1, 0.15) is 12.8 Å². The number of unbranched alkanes of at least 4 members (excludes halogenated alkanes) is 1. The zero-order valence-corrected chi connectivity index (χ0v) is 8.13. The molecule has 1 aromatic carbocycles. The van der Waals surface area contributed by atoms with Gasteiger partial charge >= 0.3 is 0 Å². The standard InChI is InChI=1S/C10H13ClO2/c11-7-3-4-8-13-10-6-2-1-5-9(10)12/h1-2,5-6,12H,3-4,7-8H2. The van der Waals surface area contributed by atoms with Crippen LogP contribution in [-0.2, 0) is 0 Å². The van der Waals surface area contributed by atoms with Gasteiger partial charge in [0.15, 0.2) is 11.5 Å². The second-order valence-electron chi connectivity index (χ2n) is 2.71. The van der Waals surface area contributed by atoms with E-state index in [0.29, 0.717) is 18.2 Å². The number of hydrogen-bond acceptors (Lipinski definition) is 2. The number of halogens is 1. The largest absolute Gasteiger partial charge is 0.504 e. The molecule has 0 aliphatic heterocycles. The summed E-state index contributed by atoms with van der Waals surface area (Å²) in [5.74, 6) is 1.38. The second kappa shape index (κ2) is 5.70. The maximum Gasteiger partial charge on any atom is 0.160 e. The molecule has 1 aromatic rings. The topological polar surface area (TPSA) is 29.5 Å². The van der Waals surface area contributed by atoms with Crippen LogP contribution < -0.4 is 4.74 Å². The third-order valence-electron chi connectivity index (χ3n) is 1.65. The lowest BCUT2D eigenvalue weighted by molar-refractivity contribution is 0.293. The van der Waals surface area contributed by atoms with Crippen LogP contribution in [0, 0.1) is 0 Å². The van der Waals surface area contributed by atoms with Crippen molar-refractivity contribution in [2.45, 2.75) is 12.8 Å². The Morgan fingerprint density at radius 3 is 2.69 bits per heavy atom. The Morgan fingerprint density at radius 1 is 1.23 bits per heavy atom. The average Bonchev–Trinajstić information content (AvgIpc) is 2.15. The van der Waals surface area contributed by atoms with Crippen molar-refractivity contribution in [2.24, 2.45) is 0 Å². The predicted octanol–water partition coefficient (Wildman–Crippen LogP) is 2.79. The summed E-state index contributed by atoms with van der Waals surface area (Å²) < 4.78 is 5.33. The van der Waals surface area contributed by atoms with E-state index in [0.717, 1.165) is 12.8 Å². The van der Waals surface area contributed by atoms with E-state index < -0.39 is 0 Å². The fourth-order valence-corrected chi connectivity index (χ4v) is 1.15. The molecule has 0 aromatic heterocycles.